The van der Waals surface area contributed by atoms with Gasteiger partial charge >= 0.3 is 0 Å². The molecule has 0 amide bonds. The molecule has 0 saturated carbocycles. The molecule has 0 aliphatic carbocycles. The van der Waals surface area contributed by atoms with E-state index in [1.807, 2.05) is 0 Å². The fraction of sp³-hybridized carbons (Fsp3) is 1.00. The molecule has 0 bridgehead atoms. The Morgan fingerprint density at radius 3 is 1.97 bits per heavy atom. The summed E-state index contributed by atoms with van der Waals surface area (Å²) in [7, 11) is 0. The molecule has 3 saturated heterocycles. The summed E-state index contributed by atoms with van der Waals surface area (Å²) in [6, 6.07) is 0. The molecule has 0 spiro atoms. The van der Waals surface area contributed by atoms with E-state index in [0.717, 1.165) is 0 Å². The normalized spacial score (nSPS) is 54.0. The summed E-state index contributed by atoms with van der Waals surface area (Å²) in [5.74, 6) is 0. The van der Waals surface area contributed by atoms with Gasteiger partial charge in [-0.15, -0.1) is 0 Å². The van der Waals surface area contributed by atoms with E-state index in [9.17, 15) is 40.9 Å². The molecule has 14 unspecified atom stereocenters. The van der Waals surface area contributed by atoms with Crippen LogP contribution in [-0.4, -0.2) is 145 Å². The number of aliphatic hydroxyl groups is 9. The smallest absolute Gasteiger partial charge is 0.187 e. The van der Waals surface area contributed by atoms with Crippen molar-refractivity contribution in [3.63, 3.8) is 0 Å². The summed E-state index contributed by atoms with van der Waals surface area (Å²) >= 11 is 0. The summed E-state index contributed by atoms with van der Waals surface area (Å²) < 4.78 is 26.6. The summed E-state index contributed by atoms with van der Waals surface area (Å²) in [6.07, 6.45) is -21.5. The monoisotopic (exact) mass is 458 g/mol. The Morgan fingerprint density at radius 2 is 1.32 bits per heavy atom. The first-order valence-electron chi connectivity index (χ1n) is 9.85. The van der Waals surface area contributed by atoms with Crippen molar-refractivity contribution in [2.75, 3.05) is 13.2 Å². The molecule has 3 aliphatic heterocycles. The molecule has 0 aromatic heterocycles. The Morgan fingerprint density at radius 1 is 0.710 bits per heavy atom. The molecule has 0 radical (unpaired) electrons. The highest BCUT2D eigenvalue weighted by molar-refractivity contribution is 4.94. The van der Waals surface area contributed by atoms with Gasteiger partial charge in [0.05, 0.1) is 19.3 Å². The van der Waals surface area contributed by atoms with E-state index in [1.165, 1.54) is 6.92 Å². The lowest BCUT2D eigenvalue weighted by Crippen LogP contribution is -2.65. The van der Waals surface area contributed by atoms with Gasteiger partial charge in [0.15, 0.2) is 18.9 Å². The van der Waals surface area contributed by atoms with Crippen molar-refractivity contribution in [2.24, 2.45) is 0 Å². The van der Waals surface area contributed by atoms with Crippen LogP contribution in [0.25, 0.3) is 0 Å². The van der Waals surface area contributed by atoms with Crippen molar-refractivity contribution in [3.05, 3.63) is 0 Å². The van der Waals surface area contributed by atoms with Gasteiger partial charge in [-0.2, -0.15) is 0 Å². The van der Waals surface area contributed by atoms with E-state index in [4.69, 9.17) is 28.8 Å². The van der Waals surface area contributed by atoms with Gasteiger partial charge in [0.25, 0.3) is 0 Å². The molecular formula is C17H30O14. The Hall–Kier alpha value is -0.560. The zero-order valence-electron chi connectivity index (χ0n) is 16.6. The van der Waals surface area contributed by atoms with Crippen LogP contribution < -0.4 is 0 Å². The van der Waals surface area contributed by atoms with Crippen LogP contribution in [-0.2, 0) is 23.7 Å². The lowest BCUT2D eigenvalue weighted by Gasteiger charge is -2.47. The van der Waals surface area contributed by atoms with Crippen molar-refractivity contribution < 1.29 is 69.6 Å². The second kappa shape index (κ2) is 10.1. The fourth-order valence-corrected chi connectivity index (χ4v) is 3.68. The number of rotatable bonds is 5. The molecule has 3 rings (SSSR count). The Labute approximate surface area is 176 Å². The third-order valence-electron chi connectivity index (χ3n) is 5.66. The molecule has 3 heterocycles. The molecule has 14 nitrogen and oxygen atoms in total. The summed E-state index contributed by atoms with van der Waals surface area (Å²) in [5, 5.41) is 89.7. The zero-order chi connectivity index (χ0) is 23.0. The second-order valence-corrected chi connectivity index (χ2v) is 7.87. The third kappa shape index (κ3) is 5.02. The van der Waals surface area contributed by atoms with Gasteiger partial charge < -0.3 is 69.6 Å². The molecular weight excluding hydrogens is 428 g/mol. The largest absolute Gasteiger partial charge is 0.394 e. The molecule has 14 atom stereocenters. The maximum atomic E-state index is 10.5. The van der Waals surface area contributed by atoms with Gasteiger partial charge in [-0.3, -0.25) is 0 Å². The van der Waals surface area contributed by atoms with E-state index in [0.29, 0.717) is 0 Å². The number of ether oxygens (including phenoxy) is 5. The maximum Gasteiger partial charge on any atom is 0.187 e. The van der Waals surface area contributed by atoms with Crippen LogP contribution in [0.3, 0.4) is 0 Å². The molecule has 0 aromatic rings. The van der Waals surface area contributed by atoms with E-state index in [2.05, 4.69) is 0 Å². The van der Waals surface area contributed by atoms with Crippen molar-refractivity contribution >= 4 is 0 Å². The van der Waals surface area contributed by atoms with Crippen molar-refractivity contribution in [3.8, 4) is 0 Å². The highest BCUT2D eigenvalue weighted by Crippen LogP contribution is 2.31. The van der Waals surface area contributed by atoms with Crippen LogP contribution >= 0.6 is 0 Å². The van der Waals surface area contributed by atoms with Crippen LogP contribution in [0.2, 0.25) is 0 Å². The molecule has 14 heteroatoms. The van der Waals surface area contributed by atoms with Crippen LogP contribution in [0.15, 0.2) is 0 Å². The Kier molecular flexibility index (Phi) is 8.21. The van der Waals surface area contributed by atoms with E-state index < -0.39 is 92.6 Å². The summed E-state index contributed by atoms with van der Waals surface area (Å²) in [5.41, 5.74) is 0. The van der Waals surface area contributed by atoms with Gasteiger partial charge in [-0.25, -0.2) is 0 Å². The van der Waals surface area contributed by atoms with Crippen molar-refractivity contribution in [2.45, 2.75) is 92.9 Å². The standard InChI is InChI=1S/C17H30O14/c1-4-7(20)10(23)14(31-16-12(25)8(21)5(19)3-27-16)17(28-4)30-13-11(24)9(22)6(2-18)29-15(13)26/h4-26H,2-3H2,1H3. The minimum atomic E-state index is -1.80. The Bertz CT molecular complexity index is 581. The number of hydrogen-bond acceptors (Lipinski definition) is 14. The third-order valence-corrected chi connectivity index (χ3v) is 5.66. The lowest BCUT2D eigenvalue weighted by atomic mass is 9.97. The molecule has 31 heavy (non-hydrogen) atoms. The number of aliphatic hydroxyl groups excluding tert-OH is 9. The first-order chi connectivity index (χ1) is 14.6. The number of hydrogen-bond donors (Lipinski definition) is 9. The van der Waals surface area contributed by atoms with Gasteiger partial charge in [0.1, 0.15) is 61.0 Å². The van der Waals surface area contributed by atoms with E-state index >= 15 is 0 Å². The van der Waals surface area contributed by atoms with E-state index in [-0.39, 0.29) is 6.61 Å². The van der Waals surface area contributed by atoms with Gasteiger partial charge in [0.2, 0.25) is 0 Å². The average Bonchev–Trinajstić information content (AvgIpc) is 2.74. The maximum absolute atomic E-state index is 10.5. The van der Waals surface area contributed by atoms with Crippen molar-refractivity contribution in [1.82, 2.24) is 0 Å². The van der Waals surface area contributed by atoms with Gasteiger partial charge in [0, 0.05) is 0 Å². The van der Waals surface area contributed by atoms with Crippen LogP contribution in [0.1, 0.15) is 6.92 Å². The second-order valence-electron chi connectivity index (χ2n) is 7.87. The van der Waals surface area contributed by atoms with Crippen LogP contribution in [0.5, 0.6) is 0 Å². The van der Waals surface area contributed by atoms with Crippen LogP contribution in [0.4, 0.5) is 0 Å². The first kappa shape index (κ1) is 25.1. The first-order valence-corrected chi connectivity index (χ1v) is 9.85. The summed E-state index contributed by atoms with van der Waals surface area (Å²) in [4.78, 5) is 0. The predicted octanol–water partition coefficient (Wildman–Crippen LogP) is -5.91. The highest BCUT2D eigenvalue weighted by atomic mass is 16.8. The van der Waals surface area contributed by atoms with Crippen LogP contribution in [0, 0.1) is 0 Å². The molecule has 9 N–H and O–H groups in total. The van der Waals surface area contributed by atoms with E-state index in [1.54, 1.807) is 0 Å². The van der Waals surface area contributed by atoms with Crippen molar-refractivity contribution in [1.29, 1.82) is 0 Å². The predicted molar refractivity (Wildman–Crippen MR) is 93.8 cm³/mol. The molecule has 182 valence electrons. The quantitative estimate of drug-likeness (QED) is 0.187. The fourth-order valence-electron chi connectivity index (χ4n) is 3.68. The Balaban J connectivity index is 1.76. The topological polar surface area (TPSA) is 228 Å². The minimum Gasteiger partial charge on any atom is -0.394 e. The summed E-state index contributed by atoms with van der Waals surface area (Å²) in [6.45, 7) is 0.341. The SMILES string of the molecule is CC1OC(OC2C(O)OC(CO)C(O)C2O)C(OC2OCC(O)C(O)C2O)C(O)C1O. The average molecular weight is 458 g/mol. The molecule has 3 fully saturated rings. The lowest BCUT2D eigenvalue weighted by molar-refractivity contribution is -0.383. The van der Waals surface area contributed by atoms with Gasteiger partial charge in [-0.05, 0) is 6.92 Å². The van der Waals surface area contributed by atoms with Gasteiger partial charge in [-0.1, -0.05) is 0 Å². The minimum absolute atomic E-state index is 0.389. The molecule has 3 aliphatic rings. The zero-order valence-corrected chi connectivity index (χ0v) is 16.6. The molecule has 0 aromatic carbocycles. The highest BCUT2D eigenvalue weighted by Gasteiger charge is 2.52.